The van der Waals surface area contributed by atoms with Crippen LogP contribution in [0.3, 0.4) is 0 Å². The van der Waals surface area contributed by atoms with Crippen LogP contribution in [0.2, 0.25) is 0 Å². The first-order chi connectivity index (χ1) is 12.9. The summed E-state index contributed by atoms with van der Waals surface area (Å²) in [5, 5.41) is 9.09. The molecule has 10 heteroatoms. The van der Waals surface area contributed by atoms with Gasteiger partial charge in [-0.3, -0.25) is 4.99 Å². The number of halogens is 3. The molecule has 0 heterocycles. The van der Waals surface area contributed by atoms with Crippen molar-refractivity contribution in [1.82, 2.24) is 16.0 Å². The standard InChI is InChI=1S/C18H35F3N4O3/c1-7-17(8-2,25-15(26)28-16(3,4)5)12-24-14(22-6)23-10-9-11-27-13-18(19,20)21/h7-13H2,1-6H3,(H,25,26)(H2,22,23,24). The minimum absolute atomic E-state index is 0.00242. The van der Waals surface area contributed by atoms with Gasteiger partial charge in [-0.15, -0.1) is 0 Å². The highest BCUT2D eigenvalue weighted by Gasteiger charge is 2.30. The van der Waals surface area contributed by atoms with E-state index in [2.05, 4.69) is 25.7 Å². The van der Waals surface area contributed by atoms with Gasteiger partial charge >= 0.3 is 12.3 Å². The minimum atomic E-state index is -4.31. The third-order valence-corrected chi connectivity index (χ3v) is 3.96. The Morgan fingerprint density at radius 3 is 2.14 bits per heavy atom. The van der Waals surface area contributed by atoms with Gasteiger partial charge < -0.3 is 25.4 Å². The molecule has 0 saturated carbocycles. The quantitative estimate of drug-likeness (QED) is 0.292. The summed E-state index contributed by atoms with van der Waals surface area (Å²) in [6.07, 6.45) is -3.03. The van der Waals surface area contributed by atoms with E-state index in [9.17, 15) is 18.0 Å². The summed E-state index contributed by atoms with van der Waals surface area (Å²) in [5.74, 6) is 0.494. The van der Waals surface area contributed by atoms with Crippen LogP contribution in [-0.4, -0.2) is 62.7 Å². The van der Waals surface area contributed by atoms with Crippen LogP contribution in [0.1, 0.15) is 53.9 Å². The zero-order chi connectivity index (χ0) is 21.8. The molecule has 0 aromatic heterocycles. The Balaban J connectivity index is 4.45. The zero-order valence-corrected chi connectivity index (χ0v) is 17.8. The third kappa shape index (κ3) is 12.6. The second-order valence-corrected chi connectivity index (χ2v) is 7.49. The highest BCUT2D eigenvalue weighted by atomic mass is 19.4. The molecule has 0 aromatic carbocycles. The summed E-state index contributed by atoms with van der Waals surface area (Å²) in [6.45, 7) is 8.92. The van der Waals surface area contributed by atoms with Gasteiger partial charge in [0.05, 0.1) is 5.54 Å². The summed E-state index contributed by atoms with van der Waals surface area (Å²) in [5.41, 5.74) is -1.10. The van der Waals surface area contributed by atoms with Crippen molar-refractivity contribution in [3.63, 3.8) is 0 Å². The molecule has 28 heavy (non-hydrogen) atoms. The van der Waals surface area contributed by atoms with Crippen molar-refractivity contribution in [2.45, 2.75) is 71.2 Å². The van der Waals surface area contributed by atoms with Crippen LogP contribution in [0, 0.1) is 0 Å². The molecule has 1 amide bonds. The lowest BCUT2D eigenvalue weighted by Gasteiger charge is -2.34. The molecule has 0 saturated heterocycles. The molecule has 0 rings (SSSR count). The molecule has 3 N–H and O–H groups in total. The maximum atomic E-state index is 12.1. The predicted octanol–water partition coefficient (Wildman–Crippen LogP) is 3.20. The number of carbonyl (C=O) groups excluding carboxylic acids is 1. The zero-order valence-electron chi connectivity index (χ0n) is 17.8. The first kappa shape index (κ1) is 26.3. The SMILES string of the molecule is CCC(CC)(CNC(=NC)NCCCOCC(F)(F)F)NC(=O)OC(C)(C)C. The average Bonchev–Trinajstić information content (AvgIpc) is 2.56. The maximum absolute atomic E-state index is 12.1. The van der Waals surface area contributed by atoms with Gasteiger partial charge in [0.25, 0.3) is 0 Å². The fraction of sp³-hybridized carbons (Fsp3) is 0.889. The summed E-state index contributed by atoms with van der Waals surface area (Å²) >= 11 is 0. The molecular formula is C18H35F3N4O3. The van der Waals surface area contributed by atoms with Gasteiger partial charge in [-0.1, -0.05) is 13.8 Å². The van der Waals surface area contributed by atoms with E-state index in [1.54, 1.807) is 27.8 Å². The van der Waals surface area contributed by atoms with Crippen LogP contribution in [0.5, 0.6) is 0 Å². The molecule has 0 aromatic rings. The van der Waals surface area contributed by atoms with Gasteiger partial charge in [0, 0.05) is 26.7 Å². The Labute approximate surface area is 165 Å². The van der Waals surface area contributed by atoms with Gasteiger partial charge in [-0.05, 0) is 40.0 Å². The van der Waals surface area contributed by atoms with Crippen molar-refractivity contribution in [2.75, 3.05) is 33.4 Å². The van der Waals surface area contributed by atoms with Crippen molar-refractivity contribution in [2.24, 2.45) is 4.99 Å². The monoisotopic (exact) mass is 412 g/mol. The largest absolute Gasteiger partial charge is 0.444 e. The van der Waals surface area contributed by atoms with E-state index < -0.39 is 30.0 Å². The van der Waals surface area contributed by atoms with Crippen LogP contribution in [0.4, 0.5) is 18.0 Å². The lowest BCUT2D eigenvalue weighted by atomic mass is 9.93. The van der Waals surface area contributed by atoms with Gasteiger partial charge in [0.2, 0.25) is 0 Å². The van der Waals surface area contributed by atoms with Crippen molar-refractivity contribution >= 4 is 12.1 Å². The van der Waals surface area contributed by atoms with Crippen molar-refractivity contribution in [3.05, 3.63) is 0 Å². The van der Waals surface area contributed by atoms with Crippen LogP contribution in [0.15, 0.2) is 4.99 Å². The fourth-order valence-electron chi connectivity index (χ4n) is 2.28. The van der Waals surface area contributed by atoms with Crippen molar-refractivity contribution < 1.29 is 27.4 Å². The molecule has 166 valence electrons. The van der Waals surface area contributed by atoms with Crippen LogP contribution in [0.25, 0.3) is 0 Å². The molecule has 0 fully saturated rings. The molecule has 0 aliphatic carbocycles. The first-order valence-electron chi connectivity index (χ1n) is 9.46. The number of alkyl halides is 3. The lowest BCUT2D eigenvalue weighted by Crippen LogP contribution is -2.57. The van der Waals surface area contributed by atoms with E-state index in [4.69, 9.17) is 4.74 Å². The predicted molar refractivity (Wildman–Crippen MR) is 104 cm³/mol. The summed E-state index contributed by atoms with van der Waals surface area (Å²) in [6, 6.07) is 0. The summed E-state index contributed by atoms with van der Waals surface area (Å²) in [4.78, 5) is 16.2. The number of carbonyl (C=O) groups is 1. The van der Waals surface area contributed by atoms with E-state index >= 15 is 0 Å². The molecular weight excluding hydrogens is 377 g/mol. The Hall–Kier alpha value is -1.71. The lowest BCUT2D eigenvalue weighted by molar-refractivity contribution is -0.173. The average molecular weight is 412 g/mol. The van der Waals surface area contributed by atoms with E-state index in [0.717, 1.165) is 0 Å². The molecule has 0 bridgehead atoms. The number of nitrogens with zero attached hydrogens (tertiary/aromatic N) is 1. The van der Waals surface area contributed by atoms with E-state index in [0.29, 0.717) is 38.3 Å². The third-order valence-electron chi connectivity index (χ3n) is 3.96. The number of aliphatic imine (C=N–C) groups is 1. The number of alkyl carbamates (subject to hydrolysis) is 1. The number of ether oxygens (including phenoxy) is 2. The molecule has 0 aliphatic heterocycles. The minimum Gasteiger partial charge on any atom is -0.444 e. The Morgan fingerprint density at radius 1 is 1.07 bits per heavy atom. The number of nitrogens with one attached hydrogen (secondary N) is 3. The molecule has 7 nitrogen and oxygen atoms in total. The van der Waals surface area contributed by atoms with E-state index in [1.165, 1.54) is 0 Å². The number of rotatable bonds is 10. The van der Waals surface area contributed by atoms with Crippen molar-refractivity contribution in [3.8, 4) is 0 Å². The van der Waals surface area contributed by atoms with Crippen LogP contribution >= 0.6 is 0 Å². The second kappa shape index (κ2) is 12.0. The molecule has 0 radical (unpaired) electrons. The van der Waals surface area contributed by atoms with Gasteiger partial charge in [0.15, 0.2) is 5.96 Å². The van der Waals surface area contributed by atoms with E-state index in [-0.39, 0.29) is 6.61 Å². The topological polar surface area (TPSA) is 84.0 Å². The van der Waals surface area contributed by atoms with Gasteiger partial charge in [-0.2, -0.15) is 13.2 Å². The maximum Gasteiger partial charge on any atom is 0.411 e. The molecule has 0 atom stereocenters. The Morgan fingerprint density at radius 2 is 1.68 bits per heavy atom. The number of hydrogen-bond donors (Lipinski definition) is 3. The smallest absolute Gasteiger partial charge is 0.411 e. The van der Waals surface area contributed by atoms with Crippen LogP contribution < -0.4 is 16.0 Å². The van der Waals surface area contributed by atoms with E-state index in [1.807, 2.05) is 13.8 Å². The van der Waals surface area contributed by atoms with Gasteiger partial charge in [-0.25, -0.2) is 4.79 Å². The fourth-order valence-corrected chi connectivity index (χ4v) is 2.28. The van der Waals surface area contributed by atoms with Crippen LogP contribution in [-0.2, 0) is 9.47 Å². The molecule has 0 aliphatic rings. The molecule has 0 unspecified atom stereocenters. The number of amides is 1. The highest BCUT2D eigenvalue weighted by molar-refractivity contribution is 5.79. The Bertz CT molecular complexity index is 487. The highest BCUT2D eigenvalue weighted by Crippen LogP contribution is 2.16. The van der Waals surface area contributed by atoms with Gasteiger partial charge in [0.1, 0.15) is 12.2 Å². The number of guanidine groups is 1. The molecule has 0 spiro atoms. The van der Waals surface area contributed by atoms with Crippen molar-refractivity contribution in [1.29, 1.82) is 0 Å². The summed E-state index contributed by atoms with van der Waals surface area (Å²) in [7, 11) is 1.59. The second-order valence-electron chi connectivity index (χ2n) is 7.49. The number of hydrogen-bond acceptors (Lipinski definition) is 4. The summed E-state index contributed by atoms with van der Waals surface area (Å²) < 4.78 is 45.9. The first-order valence-corrected chi connectivity index (χ1v) is 9.46. The Kier molecular flexibility index (Phi) is 11.2. The normalized spacial score (nSPS) is 13.2.